The highest BCUT2D eigenvalue weighted by molar-refractivity contribution is 14.0. The van der Waals surface area contributed by atoms with Crippen LogP contribution in [-0.2, 0) is 6.54 Å². The molecule has 0 saturated heterocycles. The van der Waals surface area contributed by atoms with Crippen LogP contribution in [0.25, 0.3) is 11.0 Å². The number of nitrogens with one attached hydrogen (secondary N) is 2. The molecule has 0 saturated carbocycles. The number of nitrogens with two attached hydrogens (primary N) is 1. The number of nitrogens with zero attached hydrogens (tertiary/aromatic N) is 2. The van der Waals surface area contributed by atoms with Gasteiger partial charge in [0.2, 0.25) is 0 Å². The van der Waals surface area contributed by atoms with E-state index in [1.54, 1.807) is 11.7 Å². The molecule has 0 aliphatic heterocycles. The number of imidazole rings is 1. The Bertz CT molecular complexity index is 915. The summed E-state index contributed by atoms with van der Waals surface area (Å²) in [6.07, 6.45) is 0. The second kappa shape index (κ2) is 8.56. The smallest absolute Gasteiger partial charge is 0.326 e. The van der Waals surface area contributed by atoms with Gasteiger partial charge in [-0.25, -0.2) is 4.79 Å². The van der Waals surface area contributed by atoms with Gasteiger partial charge in [0.25, 0.3) is 0 Å². The molecule has 1 heterocycles. The van der Waals surface area contributed by atoms with E-state index >= 15 is 0 Å². The van der Waals surface area contributed by atoms with Gasteiger partial charge in [-0.3, -0.25) is 9.56 Å². The molecule has 8 heteroatoms. The Labute approximate surface area is 161 Å². The molecule has 0 spiro atoms. The van der Waals surface area contributed by atoms with E-state index in [4.69, 9.17) is 10.5 Å². The molecule has 2 aromatic carbocycles. The predicted octanol–water partition coefficient (Wildman–Crippen LogP) is 2.38. The Hall–Kier alpha value is -2.49. The maximum absolute atomic E-state index is 12.0. The Morgan fingerprint density at radius 3 is 2.68 bits per heavy atom. The first-order chi connectivity index (χ1) is 11.7. The van der Waals surface area contributed by atoms with Gasteiger partial charge in [0.15, 0.2) is 5.96 Å². The number of hydrogen-bond acceptors (Lipinski definition) is 3. The fourth-order valence-corrected chi connectivity index (χ4v) is 2.46. The van der Waals surface area contributed by atoms with E-state index in [0.717, 1.165) is 22.5 Å². The van der Waals surface area contributed by atoms with E-state index in [1.165, 1.54) is 0 Å². The number of aliphatic imine (C=N–C) groups is 1. The molecule has 0 radical (unpaired) electrons. The van der Waals surface area contributed by atoms with Gasteiger partial charge in [-0.05, 0) is 36.4 Å². The summed E-state index contributed by atoms with van der Waals surface area (Å²) in [7, 11) is 1.62. The Balaban J connectivity index is 0.00000225. The zero-order valence-corrected chi connectivity index (χ0v) is 16.1. The van der Waals surface area contributed by atoms with Crippen molar-refractivity contribution in [3.05, 3.63) is 59.0 Å². The van der Waals surface area contributed by atoms with Gasteiger partial charge in [0, 0.05) is 12.2 Å². The van der Waals surface area contributed by atoms with E-state index in [-0.39, 0.29) is 29.7 Å². The molecule has 0 aliphatic rings. The Morgan fingerprint density at radius 2 is 1.96 bits per heavy atom. The number of rotatable bonds is 5. The van der Waals surface area contributed by atoms with Gasteiger partial charge >= 0.3 is 5.69 Å². The first-order valence-electron chi connectivity index (χ1n) is 7.56. The zero-order valence-electron chi connectivity index (χ0n) is 13.7. The van der Waals surface area contributed by atoms with E-state index in [2.05, 4.69) is 15.3 Å². The van der Waals surface area contributed by atoms with E-state index in [0.29, 0.717) is 19.0 Å². The molecule has 0 aliphatic carbocycles. The van der Waals surface area contributed by atoms with Gasteiger partial charge in [0.1, 0.15) is 5.75 Å². The van der Waals surface area contributed by atoms with Crippen LogP contribution in [0.5, 0.6) is 5.75 Å². The summed E-state index contributed by atoms with van der Waals surface area (Å²) < 4.78 is 6.75. The van der Waals surface area contributed by atoms with Gasteiger partial charge in [0.05, 0.1) is 24.7 Å². The lowest BCUT2D eigenvalue weighted by Crippen LogP contribution is -2.24. The molecule has 25 heavy (non-hydrogen) atoms. The monoisotopic (exact) mass is 453 g/mol. The average molecular weight is 453 g/mol. The molecule has 7 nitrogen and oxygen atoms in total. The van der Waals surface area contributed by atoms with Crippen molar-refractivity contribution in [1.82, 2.24) is 9.55 Å². The highest BCUT2D eigenvalue weighted by Crippen LogP contribution is 2.14. The number of aromatic amines is 1. The maximum Gasteiger partial charge on any atom is 0.326 e. The summed E-state index contributed by atoms with van der Waals surface area (Å²) in [6, 6.07) is 14.9. The largest absolute Gasteiger partial charge is 0.497 e. The fraction of sp³-hybridized carbons (Fsp3) is 0.176. The molecular formula is C17H20IN5O2. The fourth-order valence-electron chi connectivity index (χ4n) is 2.46. The molecule has 4 N–H and O–H groups in total. The first kappa shape index (κ1) is 18.8. The lowest BCUT2D eigenvalue weighted by Gasteiger charge is -2.07. The van der Waals surface area contributed by atoms with Crippen LogP contribution in [0.15, 0.2) is 58.3 Å². The molecule has 0 bridgehead atoms. The predicted molar refractivity (Wildman–Crippen MR) is 111 cm³/mol. The van der Waals surface area contributed by atoms with Gasteiger partial charge < -0.3 is 20.8 Å². The summed E-state index contributed by atoms with van der Waals surface area (Å²) in [4.78, 5) is 19.0. The minimum Gasteiger partial charge on any atom is -0.497 e. The molecule has 132 valence electrons. The van der Waals surface area contributed by atoms with Crippen LogP contribution in [0, 0.1) is 0 Å². The molecule has 0 atom stereocenters. The van der Waals surface area contributed by atoms with Crippen molar-refractivity contribution >= 4 is 46.7 Å². The number of ether oxygens (including phenoxy) is 1. The maximum atomic E-state index is 12.0. The SMILES string of the molecule is COc1ccc(NC(N)=NCCn2c(=O)[nH]c3ccccc32)cc1.I. The van der Waals surface area contributed by atoms with E-state index < -0.39 is 0 Å². The highest BCUT2D eigenvalue weighted by Gasteiger charge is 2.05. The van der Waals surface area contributed by atoms with Crippen LogP contribution in [0.4, 0.5) is 5.69 Å². The van der Waals surface area contributed by atoms with Crippen LogP contribution in [0.3, 0.4) is 0 Å². The molecule has 0 unspecified atom stereocenters. The molecule has 1 aromatic heterocycles. The second-order valence-electron chi connectivity index (χ2n) is 5.22. The number of benzene rings is 2. The molecule has 3 aromatic rings. The van der Waals surface area contributed by atoms with Crippen LogP contribution >= 0.6 is 24.0 Å². The van der Waals surface area contributed by atoms with Crippen molar-refractivity contribution in [3.63, 3.8) is 0 Å². The summed E-state index contributed by atoms with van der Waals surface area (Å²) in [5.41, 5.74) is 8.23. The summed E-state index contributed by atoms with van der Waals surface area (Å²) >= 11 is 0. The quantitative estimate of drug-likeness (QED) is 0.314. The van der Waals surface area contributed by atoms with Crippen LogP contribution in [-0.4, -0.2) is 29.2 Å². The van der Waals surface area contributed by atoms with Gasteiger partial charge in [-0.2, -0.15) is 0 Å². The van der Waals surface area contributed by atoms with Crippen LogP contribution in [0.2, 0.25) is 0 Å². The lowest BCUT2D eigenvalue weighted by atomic mass is 10.3. The Kier molecular flexibility index (Phi) is 6.45. The number of fused-ring (bicyclic) bond motifs is 1. The number of anilines is 1. The molecular weight excluding hydrogens is 433 g/mol. The van der Waals surface area contributed by atoms with Crippen molar-refractivity contribution < 1.29 is 4.74 Å². The van der Waals surface area contributed by atoms with Gasteiger partial charge in [-0.15, -0.1) is 24.0 Å². The van der Waals surface area contributed by atoms with Crippen molar-refractivity contribution in [2.45, 2.75) is 6.54 Å². The minimum atomic E-state index is -0.145. The molecule has 0 fully saturated rings. The number of guanidine groups is 1. The van der Waals surface area contributed by atoms with E-state index in [9.17, 15) is 4.79 Å². The van der Waals surface area contributed by atoms with Crippen molar-refractivity contribution in [3.8, 4) is 5.75 Å². The van der Waals surface area contributed by atoms with Crippen molar-refractivity contribution in [1.29, 1.82) is 0 Å². The molecule has 3 rings (SSSR count). The number of methoxy groups -OCH3 is 1. The number of hydrogen-bond donors (Lipinski definition) is 3. The third kappa shape index (κ3) is 4.53. The molecule has 0 amide bonds. The van der Waals surface area contributed by atoms with Crippen molar-refractivity contribution in [2.75, 3.05) is 19.0 Å². The summed E-state index contributed by atoms with van der Waals surface area (Å²) in [6.45, 7) is 0.852. The number of aromatic nitrogens is 2. The van der Waals surface area contributed by atoms with E-state index in [1.807, 2.05) is 48.5 Å². The standard InChI is InChI=1S/C17H19N5O2.HI/c1-24-13-8-6-12(7-9-13)20-16(18)19-10-11-22-15-5-3-2-4-14(15)21-17(22)23;/h2-9H,10-11H2,1H3,(H,21,23)(H3,18,19,20);1H. The second-order valence-corrected chi connectivity index (χ2v) is 5.22. The first-order valence-corrected chi connectivity index (χ1v) is 7.56. The number of halogens is 1. The third-order valence-corrected chi connectivity index (χ3v) is 3.65. The summed E-state index contributed by atoms with van der Waals surface area (Å²) in [5, 5.41) is 3.00. The number of para-hydroxylation sites is 2. The zero-order chi connectivity index (χ0) is 16.9. The minimum absolute atomic E-state index is 0. The topological polar surface area (TPSA) is 97.4 Å². The van der Waals surface area contributed by atoms with Crippen LogP contribution < -0.4 is 21.5 Å². The average Bonchev–Trinajstić information content (AvgIpc) is 2.91. The highest BCUT2D eigenvalue weighted by atomic mass is 127. The normalized spacial score (nSPS) is 11.2. The van der Waals surface area contributed by atoms with Crippen LogP contribution in [0.1, 0.15) is 0 Å². The third-order valence-electron chi connectivity index (χ3n) is 3.65. The summed E-state index contributed by atoms with van der Waals surface area (Å²) in [5.74, 6) is 1.07. The Morgan fingerprint density at radius 1 is 1.24 bits per heavy atom. The van der Waals surface area contributed by atoms with Gasteiger partial charge in [-0.1, -0.05) is 12.1 Å². The number of H-pyrrole nitrogens is 1. The van der Waals surface area contributed by atoms with Crippen molar-refractivity contribution in [2.24, 2.45) is 10.7 Å². The lowest BCUT2D eigenvalue weighted by molar-refractivity contribution is 0.415.